The van der Waals surface area contributed by atoms with Crippen LogP contribution >= 0.6 is 11.8 Å². The van der Waals surface area contributed by atoms with Crippen LogP contribution in [0.2, 0.25) is 0 Å². The molecule has 0 aliphatic carbocycles. The molecule has 0 spiro atoms. The Labute approximate surface area is 170 Å². The number of hydrogen-bond acceptors (Lipinski definition) is 4. The molecule has 0 bridgehead atoms. The molecule has 28 heavy (non-hydrogen) atoms. The van der Waals surface area contributed by atoms with Gasteiger partial charge in [-0.2, -0.15) is 0 Å². The van der Waals surface area contributed by atoms with Gasteiger partial charge in [0, 0.05) is 30.3 Å². The van der Waals surface area contributed by atoms with E-state index in [1.165, 1.54) is 0 Å². The number of aryl methyl sites for hydroxylation is 1. The Hall–Kier alpha value is -2.34. The molecule has 3 rings (SSSR count). The van der Waals surface area contributed by atoms with E-state index in [2.05, 4.69) is 24.1 Å². The highest BCUT2D eigenvalue weighted by molar-refractivity contribution is 8.00. The lowest BCUT2D eigenvalue weighted by Crippen LogP contribution is -2.50. The van der Waals surface area contributed by atoms with Crippen molar-refractivity contribution in [3.63, 3.8) is 0 Å². The lowest BCUT2D eigenvalue weighted by atomic mass is 10.0. The predicted octanol–water partition coefficient (Wildman–Crippen LogP) is 3.64. The highest BCUT2D eigenvalue weighted by atomic mass is 32.2. The molecule has 0 saturated carbocycles. The van der Waals surface area contributed by atoms with Gasteiger partial charge in [-0.25, -0.2) is 0 Å². The van der Waals surface area contributed by atoms with Crippen LogP contribution < -0.4 is 5.32 Å². The minimum absolute atomic E-state index is 0.0150. The van der Waals surface area contributed by atoms with Crippen molar-refractivity contribution in [2.45, 2.75) is 45.2 Å². The number of carbonyl (C=O) groups is 2. The molecule has 5 nitrogen and oxygen atoms in total. The molecule has 1 saturated heterocycles. The fourth-order valence-electron chi connectivity index (χ4n) is 3.38. The number of nitrogens with zero attached hydrogens (tertiary/aromatic N) is 2. The van der Waals surface area contributed by atoms with Gasteiger partial charge in [0.15, 0.2) is 0 Å². The van der Waals surface area contributed by atoms with E-state index in [1.807, 2.05) is 43.3 Å². The van der Waals surface area contributed by atoms with E-state index in [0.717, 1.165) is 17.5 Å². The van der Waals surface area contributed by atoms with E-state index in [-0.39, 0.29) is 17.2 Å². The maximum absolute atomic E-state index is 13.4. The molecule has 2 unspecified atom stereocenters. The molecule has 148 valence electrons. The van der Waals surface area contributed by atoms with Crippen molar-refractivity contribution in [3.05, 3.63) is 65.5 Å². The van der Waals surface area contributed by atoms with E-state index in [0.29, 0.717) is 23.8 Å². The van der Waals surface area contributed by atoms with Gasteiger partial charge in [-0.3, -0.25) is 14.6 Å². The van der Waals surface area contributed by atoms with Crippen molar-refractivity contribution >= 4 is 23.6 Å². The van der Waals surface area contributed by atoms with Crippen LogP contribution in [0.5, 0.6) is 0 Å². The second-order valence-corrected chi connectivity index (χ2v) is 8.75. The van der Waals surface area contributed by atoms with Crippen LogP contribution in [-0.4, -0.2) is 38.9 Å². The van der Waals surface area contributed by atoms with Gasteiger partial charge in [-0.15, -0.1) is 11.8 Å². The lowest BCUT2D eigenvalue weighted by molar-refractivity contribution is -0.125. The summed E-state index contributed by atoms with van der Waals surface area (Å²) in [5.41, 5.74) is 2.54. The molecule has 2 amide bonds. The molecule has 1 aromatic heterocycles. The molecular weight excluding hydrogens is 370 g/mol. The zero-order valence-corrected chi connectivity index (χ0v) is 17.4. The molecule has 6 heteroatoms. The monoisotopic (exact) mass is 397 g/mol. The first-order valence-corrected chi connectivity index (χ1v) is 10.7. The third-order valence-corrected chi connectivity index (χ3v) is 6.18. The van der Waals surface area contributed by atoms with Gasteiger partial charge in [0.25, 0.3) is 5.91 Å². The Balaban J connectivity index is 1.79. The quantitative estimate of drug-likeness (QED) is 0.808. The van der Waals surface area contributed by atoms with Crippen LogP contribution in [0.1, 0.15) is 41.8 Å². The van der Waals surface area contributed by atoms with Crippen molar-refractivity contribution < 1.29 is 9.59 Å². The van der Waals surface area contributed by atoms with Crippen LogP contribution in [-0.2, 0) is 11.3 Å². The number of nitrogens with one attached hydrogen (secondary N) is 1. The zero-order chi connectivity index (χ0) is 20.1. The summed E-state index contributed by atoms with van der Waals surface area (Å²) in [5, 5.41) is 2.99. The SMILES string of the molecule is Cc1ccccc1C(=O)N1C(CC(C)C)SCC1C(=O)NCc1cccnc1. The van der Waals surface area contributed by atoms with Gasteiger partial charge in [0.2, 0.25) is 5.91 Å². The smallest absolute Gasteiger partial charge is 0.255 e. The van der Waals surface area contributed by atoms with Gasteiger partial charge >= 0.3 is 0 Å². The van der Waals surface area contributed by atoms with Crippen molar-refractivity contribution in [1.82, 2.24) is 15.2 Å². The number of hydrogen-bond donors (Lipinski definition) is 1. The van der Waals surface area contributed by atoms with Gasteiger partial charge < -0.3 is 10.2 Å². The van der Waals surface area contributed by atoms with Crippen molar-refractivity contribution in [1.29, 1.82) is 0 Å². The number of pyridine rings is 1. The zero-order valence-electron chi connectivity index (χ0n) is 16.6. The standard InChI is InChI=1S/C22H27N3O2S/c1-15(2)11-20-25(22(27)18-9-5-4-7-16(18)3)19(14-28-20)21(26)24-13-17-8-6-10-23-12-17/h4-10,12,15,19-20H,11,13-14H2,1-3H3,(H,24,26). The topological polar surface area (TPSA) is 62.3 Å². The van der Waals surface area contributed by atoms with E-state index in [9.17, 15) is 9.59 Å². The fourth-order valence-corrected chi connectivity index (χ4v) is 5.03. The summed E-state index contributed by atoms with van der Waals surface area (Å²) < 4.78 is 0. The Morgan fingerprint density at radius 2 is 2.04 bits per heavy atom. The van der Waals surface area contributed by atoms with Crippen molar-refractivity contribution in [3.8, 4) is 0 Å². The average molecular weight is 398 g/mol. The summed E-state index contributed by atoms with van der Waals surface area (Å²) in [4.78, 5) is 32.2. The van der Waals surface area contributed by atoms with Crippen molar-refractivity contribution in [2.24, 2.45) is 5.92 Å². The minimum Gasteiger partial charge on any atom is -0.350 e. The fraction of sp³-hybridized carbons (Fsp3) is 0.409. The predicted molar refractivity (Wildman–Crippen MR) is 113 cm³/mol. The van der Waals surface area contributed by atoms with Crippen LogP contribution in [0, 0.1) is 12.8 Å². The number of rotatable bonds is 6. The molecule has 2 heterocycles. The highest BCUT2D eigenvalue weighted by Gasteiger charge is 2.42. The van der Waals surface area contributed by atoms with Crippen LogP contribution in [0.25, 0.3) is 0 Å². The number of benzene rings is 1. The lowest BCUT2D eigenvalue weighted by Gasteiger charge is -2.30. The maximum Gasteiger partial charge on any atom is 0.255 e. The second kappa shape index (κ2) is 9.24. The first kappa shape index (κ1) is 20.4. The number of aromatic nitrogens is 1. The van der Waals surface area contributed by atoms with Crippen molar-refractivity contribution in [2.75, 3.05) is 5.75 Å². The molecule has 2 aromatic rings. The van der Waals surface area contributed by atoms with E-state index >= 15 is 0 Å². The van der Waals surface area contributed by atoms with Gasteiger partial charge in [0.1, 0.15) is 6.04 Å². The molecule has 1 aromatic carbocycles. The third-order valence-electron chi connectivity index (χ3n) is 4.87. The minimum atomic E-state index is -0.461. The number of carbonyl (C=O) groups excluding carboxylic acids is 2. The average Bonchev–Trinajstić information content (AvgIpc) is 3.09. The van der Waals surface area contributed by atoms with Gasteiger partial charge in [0.05, 0.1) is 5.37 Å². The van der Waals surface area contributed by atoms with E-state index in [1.54, 1.807) is 29.1 Å². The normalized spacial score (nSPS) is 19.1. The second-order valence-electron chi connectivity index (χ2n) is 7.54. The molecule has 1 N–H and O–H groups in total. The molecule has 1 aliphatic rings. The molecule has 1 aliphatic heterocycles. The molecule has 1 fully saturated rings. The Kier molecular flexibility index (Phi) is 6.73. The summed E-state index contributed by atoms with van der Waals surface area (Å²) in [6.07, 6.45) is 4.31. The highest BCUT2D eigenvalue weighted by Crippen LogP contribution is 2.35. The summed E-state index contributed by atoms with van der Waals surface area (Å²) in [6.45, 7) is 6.64. The molecule has 0 radical (unpaired) electrons. The van der Waals surface area contributed by atoms with Crippen LogP contribution in [0.4, 0.5) is 0 Å². The summed E-state index contributed by atoms with van der Waals surface area (Å²) >= 11 is 1.70. The summed E-state index contributed by atoms with van der Waals surface area (Å²) in [5.74, 6) is 0.898. The van der Waals surface area contributed by atoms with E-state index in [4.69, 9.17) is 0 Å². The molecular formula is C22H27N3O2S. The van der Waals surface area contributed by atoms with Gasteiger partial charge in [-0.05, 0) is 42.5 Å². The molecule has 2 atom stereocenters. The largest absolute Gasteiger partial charge is 0.350 e. The number of amides is 2. The van der Waals surface area contributed by atoms with Crippen LogP contribution in [0.15, 0.2) is 48.8 Å². The van der Waals surface area contributed by atoms with E-state index < -0.39 is 6.04 Å². The summed E-state index contributed by atoms with van der Waals surface area (Å²) in [6, 6.07) is 10.9. The Bertz CT molecular complexity index is 826. The maximum atomic E-state index is 13.4. The van der Waals surface area contributed by atoms with Crippen LogP contribution in [0.3, 0.4) is 0 Å². The first-order valence-electron chi connectivity index (χ1n) is 9.64. The summed E-state index contributed by atoms with van der Waals surface area (Å²) in [7, 11) is 0. The Morgan fingerprint density at radius 3 is 2.71 bits per heavy atom. The number of thioether (sulfide) groups is 1. The van der Waals surface area contributed by atoms with Gasteiger partial charge in [-0.1, -0.05) is 38.1 Å². The first-order chi connectivity index (χ1) is 13.5. The Morgan fingerprint density at radius 1 is 1.25 bits per heavy atom. The third kappa shape index (κ3) is 4.73.